The second kappa shape index (κ2) is 8.93. The molecule has 0 saturated heterocycles. The molecule has 2 aromatic carbocycles. The minimum atomic E-state index is -2.87. The van der Waals surface area contributed by atoms with Crippen LogP contribution in [0.15, 0.2) is 53.6 Å². The van der Waals surface area contributed by atoms with Crippen molar-refractivity contribution < 1.29 is 18.3 Å². The number of methoxy groups -OCH3 is 1. The highest BCUT2D eigenvalue weighted by atomic mass is 32.1. The highest BCUT2D eigenvalue weighted by molar-refractivity contribution is 7.80. The van der Waals surface area contributed by atoms with Gasteiger partial charge < -0.3 is 14.8 Å². The van der Waals surface area contributed by atoms with Gasteiger partial charge in [-0.05, 0) is 43.4 Å². The van der Waals surface area contributed by atoms with Crippen molar-refractivity contribution >= 4 is 28.7 Å². The van der Waals surface area contributed by atoms with Gasteiger partial charge in [0.1, 0.15) is 11.5 Å². The van der Waals surface area contributed by atoms with Crippen LogP contribution >= 0.6 is 12.2 Å². The number of nitrogens with zero attached hydrogens (tertiary/aromatic N) is 1. The van der Waals surface area contributed by atoms with Crippen molar-refractivity contribution in [1.29, 1.82) is 0 Å². The molecule has 0 unspecified atom stereocenters. The normalized spacial score (nSPS) is 11.2. The number of thiocarbonyl (C=S) groups is 1. The van der Waals surface area contributed by atoms with Crippen LogP contribution in [0.4, 0.5) is 14.5 Å². The lowest BCUT2D eigenvalue weighted by Crippen LogP contribution is -2.25. The van der Waals surface area contributed by atoms with E-state index < -0.39 is 6.61 Å². The lowest BCUT2D eigenvalue weighted by atomic mass is 10.1. The zero-order valence-electron chi connectivity index (χ0n) is 13.6. The summed E-state index contributed by atoms with van der Waals surface area (Å²) in [6.45, 7) is -1.15. The third-order valence-corrected chi connectivity index (χ3v) is 3.32. The predicted octanol–water partition coefficient (Wildman–Crippen LogP) is 4.01. The first kappa shape index (κ1) is 18.6. The Labute approximate surface area is 149 Å². The molecule has 2 aromatic rings. The number of hydrogen-bond donors (Lipinski definition) is 2. The summed E-state index contributed by atoms with van der Waals surface area (Å²) in [5.74, 6) is 0.766. The van der Waals surface area contributed by atoms with E-state index >= 15 is 0 Å². The lowest BCUT2D eigenvalue weighted by Gasteiger charge is -2.10. The molecular weight excluding hydrogens is 348 g/mol. The predicted molar refractivity (Wildman–Crippen MR) is 97.6 cm³/mol. The zero-order valence-corrected chi connectivity index (χ0v) is 14.4. The van der Waals surface area contributed by atoms with Gasteiger partial charge in [0.2, 0.25) is 0 Å². The maximum atomic E-state index is 12.3. The Morgan fingerprint density at radius 1 is 1.12 bits per heavy atom. The highest BCUT2D eigenvalue weighted by Crippen LogP contribution is 2.17. The van der Waals surface area contributed by atoms with Gasteiger partial charge in [-0.15, -0.1) is 0 Å². The molecule has 0 atom stereocenters. The van der Waals surface area contributed by atoms with Crippen LogP contribution in [0.25, 0.3) is 0 Å². The van der Waals surface area contributed by atoms with E-state index in [2.05, 4.69) is 20.6 Å². The maximum absolute atomic E-state index is 12.3. The molecule has 5 nitrogen and oxygen atoms in total. The molecule has 132 valence electrons. The van der Waals surface area contributed by atoms with E-state index in [0.29, 0.717) is 17.0 Å². The van der Waals surface area contributed by atoms with Crippen LogP contribution in [0.5, 0.6) is 11.5 Å². The summed E-state index contributed by atoms with van der Waals surface area (Å²) in [6.07, 6.45) is 0. The SMILES string of the molecule is COc1cccc(NC(=S)N/N=C(\C)c2cccc(OC(F)F)c2)c1. The van der Waals surface area contributed by atoms with Crippen LogP contribution in [-0.4, -0.2) is 24.5 Å². The highest BCUT2D eigenvalue weighted by Gasteiger charge is 2.06. The van der Waals surface area contributed by atoms with Crippen molar-refractivity contribution in [2.75, 3.05) is 12.4 Å². The molecule has 8 heteroatoms. The quantitative estimate of drug-likeness (QED) is 0.460. The zero-order chi connectivity index (χ0) is 18.2. The Bertz CT molecular complexity index is 769. The molecule has 0 aliphatic rings. The van der Waals surface area contributed by atoms with E-state index in [4.69, 9.17) is 17.0 Å². The Morgan fingerprint density at radius 3 is 2.56 bits per heavy atom. The van der Waals surface area contributed by atoms with E-state index in [1.54, 1.807) is 32.2 Å². The van der Waals surface area contributed by atoms with Crippen LogP contribution in [0.3, 0.4) is 0 Å². The number of anilines is 1. The average molecular weight is 365 g/mol. The van der Waals surface area contributed by atoms with E-state index in [9.17, 15) is 8.78 Å². The molecule has 0 radical (unpaired) electrons. The van der Waals surface area contributed by atoms with Crippen molar-refractivity contribution in [2.45, 2.75) is 13.5 Å². The summed E-state index contributed by atoms with van der Waals surface area (Å²) in [6, 6.07) is 13.5. The first-order valence-corrected chi connectivity index (χ1v) is 7.69. The summed E-state index contributed by atoms with van der Waals surface area (Å²) in [5.41, 5.74) is 4.65. The van der Waals surface area contributed by atoms with Crippen LogP contribution in [0.1, 0.15) is 12.5 Å². The van der Waals surface area contributed by atoms with Gasteiger partial charge in [-0.1, -0.05) is 18.2 Å². The molecule has 0 aliphatic carbocycles. The topological polar surface area (TPSA) is 54.9 Å². The first-order valence-electron chi connectivity index (χ1n) is 7.28. The molecule has 0 saturated carbocycles. The van der Waals surface area contributed by atoms with E-state index in [1.807, 2.05) is 18.2 Å². The van der Waals surface area contributed by atoms with E-state index in [1.165, 1.54) is 12.1 Å². The molecule has 0 fully saturated rings. The number of benzene rings is 2. The molecule has 0 spiro atoms. The van der Waals surface area contributed by atoms with Gasteiger partial charge in [0.15, 0.2) is 5.11 Å². The molecule has 0 aliphatic heterocycles. The molecule has 0 aromatic heterocycles. The number of rotatable bonds is 6. The van der Waals surface area contributed by atoms with Gasteiger partial charge in [0.25, 0.3) is 0 Å². The van der Waals surface area contributed by atoms with Gasteiger partial charge in [0, 0.05) is 17.3 Å². The second-order valence-corrected chi connectivity index (χ2v) is 5.31. The monoisotopic (exact) mass is 365 g/mol. The largest absolute Gasteiger partial charge is 0.497 e. The number of hydrazone groups is 1. The third-order valence-electron chi connectivity index (χ3n) is 3.13. The Hall–Kier alpha value is -2.74. The van der Waals surface area contributed by atoms with Crippen LogP contribution in [0.2, 0.25) is 0 Å². The summed E-state index contributed by atoms with van der Waals surface area (Å²) < 4.78 is 34.0. The van der Waals surface area contributed by atoms with Gasteiger partial charge in [-0.2, -0.15) is 13.9 Å². The Kier molecular flexibility index (Phi) is 6.64. The maximum Gasteiger partial charge on any atom is 0.387 e. The minimum absolute atomic E-state index is 0.0686. The minimum Gasteiger partial charge on any atom is -0.497 e. The van der Waals surface area contributed by atoms with E-state index in [-0.39, 0.29) is 10.9 Å². The Morgan fingerprint density at radius 2 is 1.84 bits per heavy atom. The van der Waals surface area contributed by atoms with Crippen molar-refractivity contribution in [3.63, 3.8) is 0 Å². The fraction of sp³-hybridized carbons (Fsp3) is 0.176. The summed E-state index contributed by atoms with van der Waals surface area (Å²) in [7, 11) is 1.58. The molecule has 2 N–H and O–H groups in total. The first-order chi connectivity index (χ1) is 12.0. The number of alkyl halides is 2. The van der Waals surface area contributed by atoms with Gasteiger partial charge >= 0.3 is 6.61 Å². The molecule has 2 rings (SSSR count). The van der Waals surface area contributed by atoms with Gasteiger partial charge in [0.05, 0.1) is 12.8 Å². The average Bonchev–Trinajstić information content (AvgIpc) is 2.59. The number of halogens is 2. The van der Waals surface area contributed by atoms with Crippen molar-refractivity contribution in [3.05, 3.63) is 54.1 Å². The fourth-order valence-electron chi connectivity index (χ4n) is 1.96. The van der Waals surface area contributed by atoms with Crippen molar-refractivity contribution in [2.24, 2.45) is 5.10 Å². The lowest BCUT2D eigenvalue weighted by molar-refractivity contribution is -0.0498. The van der Waals surface area contributed by atoms with Crippen molar-refractivity contribution in [3.8, 4) is 11.5 Å². The van der Waals surface area contributed by atoms with Gasteiger partial charge in [-0.3, -0.25) is 5.43 Å². The molecular formula is C17H17F2N3O2S. The van der Waals surface area contributed by atoms with Gasteiger partial charge in [-0.25, -0.2) is 0 Å². The third kappa shape index (κ3) is 6.00. The number of hydrogen-bond acceptors (Lipinski definition) is 4. The van der Waals surface area contributed by atoms with Crippen LogP contribution in [0, 0.1) is 0 Å². The summed E-state index contributed by atoms with van der Waals surface area (Å²) in [4.78, 5) is 0. The van der Waals surface area contributed by atoms with Crippen molar-refractivity contribution in [1.82, 2.24) is 5.43 Å². The Balaban J connectivity index is 1.99. The summed E-state index contributed by atoms with van der Waals surface area (Å²) >= 11 is 5.17. The fourth-order valence-corrected chi connectivity index (χ4v) is 2.12. The molecule has 25 heavy (non-hydrogen) atoms. The van der Waals surface area contributed by atoms with E-state index in [0.717, 1.165) is 5.69 Å². The number of ether oxygens (including phenoxy) is 2. The molecule has 0 amide bonds. The smallest absolute Gasteiger partial charge is 0.387 e. The standard InChI is InChI=1S/C17H17F2N3O2S/c1-11(12-5-3-8-15(9-12)24-16(18)19)21-22-17(25)20-13-6-4-7-14(10-13)23-2/h3-10,16H,1-2H3,(H2,20,22,25)/b21-11+. The molecule has 0 bridgehead atoms. The summed E-state index contributed by atoms with van der Waals surface area (Å²) in [5, 5.41) is 7.40. The number of nitrogens with one attached hydrogen (secondary N) is 2. The second-order valence-electron chi connectivity index (χ2n) is 4.90. The molecule has 0 heterocycles. The van der Waals surface area contributed by atoms with Crippen LogP contribution < -0.4 is 20.2 Å². The van der Waals surface area contributed by atoms with Crippen LogP contribution in [-0.2, 0) is 0 Å².